The molecule has 0 radical (unpaired) electrons. The zero-order valence-electron chi connectivity index (χ0n) is 10.5. The van der Waals surface area contributed by atoms with Crippen LogP contribution in [0.25, 0.3) is 5.57 Å². The van der Waals surface area contributed by atoms with Crippen LogP contribution >= 0.6 is 0 Å². The Labute approximate surface area is 102 Å². The average molecular weight is 231 g/mol. The third kappa shape index (κ3) is 1.70. The van der Waals surface area contributed by atoms with E-state index < -0.39 is 0 Å². The van der Waals surface area contributed by atoms with Crippen molar-refractivity contribution in [1.82, 2.24) is 4.90 Å². The van der Waals surface area contributed by atoms with Crippen molar-refractivity contribution < 1.29 is 9.30 Å². The fourth-order valence-electron chi connectivity index (χ4n) is 2.84. The molecule has 0 aliphatic carbocycles. The Morgan fingerprint density at radius 1 is 1.41 bits per heavy atom. The van der Waals surface area contributed by atoms with E-state index in [4.69, 9.17) is 4.74 Å². The van der Waals surface area contributed by atoms with Crippen LogP contribution in [-0.4, -0.2) is 24.6 Å². The van der Waals surface area contributed by atoms with Gasteiger partial charge in [-0.15, -0.1) is 0 Å². The third-order valence-corrected chi connectivity index (χ3v) is 3.93. The van der Waals surface area contributed by atoms with Crippen molar-refractivity contribution in [2.75, 3.05) is 13.7 Å². The highest BCUT2D eigenvalue weighted by Gasteiger charge is 2.32. The monoisotopic (exact) mass is 231 g/mol. The lowest BCUT2D eigenvalue weighted by atomic mass is 9.90. The van der Waals surface area contributed by atoms with Crippen molar-refractivity contribution in [3.63, 3.8) is 0 Å². The summed E-state index contributed by atoms with van der Waals surface area (Å²) in [5.41, 5.74) is 2.63. The predicted molar refractivity (Wildman–Crippen MR) is 66.5 cm³/mol. The Hall–Kier alpha value is -1.51. The van der Waals surface area contributed by atoms with Gasteiger partial charge >= 0.3 is 0 Å². The summed E-state index contributed by atoms with van der Waals surface area (Å²) in [6.07, 6.45) is 8.22. The van der Waals surface area contributed by atoms with Crippen molar-refractivity contribution in [2.45, 2.75) is 25.3 Å². The van der Waals surface area contributed by atoms with Gasteiger partial charge in [0.15, 0.2) is 11.9 Å². The number of hydrogen-bond donors (Lipinski definition) is 0. The lowest BCUT2D eigenvalue weighted by molar-refractivity contribution is -0.674. The highest BCUT2D eigenvalue weighted by Crippen LogP contribution is 2.35. The van der Waals surface area contributed by atoms with Gasteiger partial charge in [-0.3, -0.25) is 0 Å². The summed E-state index contributed by atoms with van der Waals surface area (Å²) >= 11 is 0. The quantitative estimate of drug-likeness (QED) is 0.721. The van der Waals surface area contributed by atoms with Crippen molar-refractivity contribution in [1.29, 1.82) is 0 Å². The van der Waals surface area contributed by atoms with E-state index in [9.17, 15) is 0 Å². The second kappa shape index (κ2) is 4.06. The molecule has 0 amide bonds. The molecule has 1 unspecified atom stereocenters. The lowest BCUT2D eigenvalue weighted by Crippen LogP contribution is -2.46. The van der Waals surface area contributed by atoms with E-state index in [2.05, 4.69) is 28.9 Å². The Balaban J connectivity index is 2.01. The first kappa shape index (κ1) is 10.6. The van der Waals surface area contributed by atoms with Gasteiger partial charge in [0, 0.05) is 30.4 Å². The Morgan fingerprint density at radius 3 is 2.94 bits per heavy atom. The molecule has 0 N–H and O–H groups in total. The summed E-state index contributed by atoms with van der Waals surface area (Å²) in [4.78, 5) is 2.46. The van der Waals surface area contributed by atoms with Gasteiger partial charge in [0.2, 0.25) is 0 Å². The van der Waals surface area contributed by atoms with Crippen molar-refractivity contribution in [3.05, 3.63) is 30.2 Å². The van der Waals surface area contributed by atoms with E-state index in [-0.39, 0.29) is 0 Å². The van der Waals surface area contributed by atoms with Crippen LogP contribution in [0.5, 0.6) is 5.75 Å². The second-order valence-corrected chi connectivity index (χ2v) is 4.91. The molecule has 1 fully saturated rings. The fourth-order valence-corrected chi connectivity index (χ4v) is 2.84. The molecular formula is C14H19N2O+. The number of aromatic nitrogens is 1. The van der Waals surface area contributed by atoms with Gasteiger partial charge in [-0.25, -0.2) is 0 Å². The summed E-state index contributed by atoms with van der Waals surface area (Å²) in [5.74, 6) is 0.972. The summed E-state index contributed by atoms with van der Waals surface area (Å²) < 4.78 is 7.64. The SMILES string of the molecule is COc1ccc[n+](C)c1C1=CN2CCC2CC1. The van der Waals surface area contributed by atoms with Crippen molar-refractivity contribution >= 4 is 5.57 Å². The standard InChI is InChI=1S/C14H19N2O/c1-15-8-3-4-13(17-2)14(15)11-5-6-12-7-9-16(12)10-11/h3-4,8,10,12H,5-7,9H2,1-2H3/q+1. The van der Waals surface area contributed by atoms with Gasteiger partial charge < -0.3 is 9.64 Å². The highest BCUT2D eigenvalue weighted by molar-refractivity contribution is 5.66. The van der Waals surface area contributed by atoms with Crippen LogP contribution in [-0.2, 0) is 7.05 Å². The minimum Gasteiger partial charge on any atom is -0.490 e. The third-order valence-electron chi connectivity index (χ3n) is 3.93. The molecule has 1 saturated heterocycles. The van der Waals surface area contributed by atoms with Crippen LogP contribution in [0, 0.1) is 0 Å². The molecule has 0 saturated carbocycles. The fraction of sp³-hybridized carbons (Fsp3) is 0.500. The topological polar surface area (TPSA) is 16.4 Å². The molecule has 1 aromatic heterocycles. The van der Waals surface area contributed by atoms with E-state index in [1.165, 1.54) is 30.7 Å². The van der Waals surface area contributed by atoms with Gasteiger partial charge in [-0.2, -0.15) is 4.57 Å². The Bertz CT molecular complexity index is 467. The predicted octanol–water partition coefficient (Wildman–Crippen LogP) is 1.73. The zero-order valence-corrected chi connectivity index (χ0v) is 10.5. The van der Waals surface area contributed by atoms with Crippen LogP contribution in [0.3, 0.4) is 0 Å². The summed E-state index contributed by atoms with van der Waals surface area (Å²) in [6.45, 7) is 1.22. The number of allylic oxidation sites excluding steroid dienone is 1. The molecule has 17 heavy (non-hydrogen) atoms. The molecule has 1 aromatic rings. The first-order chi connectivity index (χ1) is 8.29. The number of methoxy groups -OCH3 is 1. The molecule has 3 nitrogen and oxygen atoms in total. The summed E-state index contributed by atoms with van der Waals surface area (Å²) in [7, 11) is 3.83. The average Bonchev–Trinajstić information content (AvgIpc) is 2.31. The molecule has 90 valence electrons. The lowest BCUT2D eigenvalue weighted by Gasteiger charge is -2.43. The minimum atomic E-state index is 0.804. The molecule has 0 aromatic carbocycles. The highest BCUT2D eigenvalue weighted by atomic mass is 16.5. The smallest absolute Gasteiger partial charge is 0.252 e. The van der Waals surface area contributed by atoms with Gasteiger partial charge in [-0.05, 0) is 25.3 Å². The molecule has 1 atom stereocenters. The molecule has 3 heterocycles. The van der Waals surface area contributed by atoms with Crippen LogP contribution in [0.15, 0.2) is 24.5 Å². The van der Waals surface area contributed by atoms with Crippen LogP contribution in [0.1, 0.15) is 25.0 Å². The molecule has 0 bridgehead atoms. The molecule has 2 aliphatic heterocycles. The largest absolute Gasteiger partial charge is 0.490 e. The maximum atomic E-state index is 5.48. The number of aryl methyl sites for hydroxylation is 1. The summed E-state index contributed by atoms with van der Waals surface area (Å²) in [5, 5.41) is 0. The zero-order chi connectivity index (χ0) is 11.8. The van der Waals surface area contributed by atoms with E-state index in [1.807, 2.05) is 12.1 Å². The number of fused-ring (bicyclic) bond motifs is 1. The van der Waals surface area contributed by atoms with Crippen LogP contribution in [0.4, 0.5) is 0 Å². The number of hydrogen-bond acceptors (Lipinski definition) is 2. The van der Waals surface area contributed by atoms with Crippen molar-refractivity contribution in [3.8, 4) is 5.75 Å². The number of nitrogens with zero attached hydrogens (tertiary/aromatic N) is 2. The number of pyridine rings is 1. The Morgan fingerprint density at radius 2 is 2.29 bits per heavy atom. The van der Waals surface area contributed by atoms with Crippen molar-refractivity contribution in [2.24, 2.45) is 7.05 Å². The maximum absolute atomic E-state index is 5.48. The first-order valence-corrected chi connectivity index (χ1v) is 6.29. The first-order valence-electron chi connectivity index (χ1n) is 6.29. The van der Waals surface area contributed by atoms with Gasteiger partial charge in [0.25, 0.3) is 5.69 Å². The van der Waals surface area contributed by atoms with E-state index in [1.54, 1.807) is 7.11 Å². The molecule has 3 rings (SSSR count). The minimum absolute atomic E-state index is 0.804. The molecular weight excluding hydrogens is 212 g/mol. The van der Waals surface area contributed by atoms with E-state index >= 15 is 0 Å². The van der Waals surface area contributed by atoms with Gasteiger partial charge in [0.05, 0.1) is 7.11 Å². The summed E-state index contributed by atoms with van der Waals surface area (Å²) in [6, 6.07) is 4.87. The molecule has 2 aliphatic rings. The van der Waals surface area contributed by atoms with Gasteiger partial charge in [0.1, 0.15) is 7.05 Å². The van der Waals surface area contributed by atoms with Gasteiger partial charge in [-0.1, -0.05) is 0 Å². The number of rotatable bonds is 2. The van der Waals surface area contributed by atoms with Crippen LogP contribution < -0.4 is 9.30 Å². The Kier molecular flexibility index (Phi) is 2.54. The number of ether oxygens (including phenoxy) is 1. The van der Waals surface area contributed by atoms with E-state index in [0.717, 1.165) is 18.2 Å². The maximum Gasteiger partial charge on any atom is 0.252 e. The molecule has 3 heteroatoms. The normalized spacial score (nSPS) is 22.6. The van der Waals surface area contributed by atoms with Crippen LogP contribution in [0.2, 0.25) is 0 Å². The van der Waals surface area contributed by atoms with E-state index in [0.29, 0.717) is 0 Å². The second-order valence-electron chi connectivity index (χ2n) is 4.91. The molecule has 0 spiro atoms.